The van der Waals surface area contributed by atoms with Gasteiger partial charge in [0.05, 0.1) is 5.39 Å². The highest BCUT2D eigenvalue weighted by molar-refractivity contribution is 5.74. The van der Waals surface area contributed by atoms with E-state index in [9.17, 15) is 4.79 Å². The standard InChI is InChI=1S/C19H28N6O/c1-3-14-13-24(11-12-25(14)15-6-9-20-10-7-15)19-22-17-16(5-4-8-21-17)18(26)23(19)2/h4-5,8,14-15,20H,3,6-7,9-13H2,1-2H3/t14-/m0/s1. The number of anilines is 1. The Kier molecular flexibility index (Phi) is 4.91. The fourth-order valence-corrected chi connectivity index (χ4v) is 4.41. The molecule has 4 rings (SSSR count). The van der Waals surface area contributed by atoms with E-state index in [0.29, 0.717) is 23.1 Å². The minimum Gasteiger partial charge on any atom is -0.339 e. The Morgan fingerprint density at radius 1 is 1.27 bits per heavy atom. The van der Waals surface area contributed by atoms with Gasteiger partial charge in [-0.1, -0.05) is 6.92 Å². The first-order chi connectivity index (χ1) is 12.7. The van der Waals surface area contributed by atoms with Crippen molar-refractivity contribution in [2.24, 2.45) is 7.05 Å². The van der Waals surface area contributed by atoms with E-state index in [1.807, 2.05) is 7.05 Å². The monoisotopic (exact) mass is 356 g/mol. The molecular weight excluding hydrogens is 328 g/mol. The molecule has 2 aromatic rings. The minimum absolute atomic E-state index is 0.0214. The maximum Gasteiger partial charge on any atom is 0.264 e. The fourth-order valence-electron chi connectivity index (χ4n) is 4.41. The Morgan fingerprint density at radius 2 is 2.08 bits per heavy atom. The highest BCUT2D eigenvalue weighted by Crippen LogP contribution is 2.24. The van der Waals surface area contributed by atoms with Gasteiger partial charge in [0, 0.05) is 45.0 Å². The van der Waals surface area contributed by atoms with Crippen LogP contribution in [0.2, 0.25) is 0 Å². The van der Waals surface area contributed by atoms with Crippen molar-refractivity contribution < 1.29 is 0 Å². The average molecular weight is 356 g/mol. The third-order valence-corrected chi connectivity index (χ3v) is 5.89. The lowest BCUT2D eigenvalue weighted by Crippen LogP contribution is -2.58. The average Bonchev–Trinajstić information content (AvgIpc) is 2.71. The predicted octanol–water partition coefficient (Wildman–Crippen LogP) is 0.981. The molecule has 2 aliphatic rings. The second-order valence-corrected chi connectivity index (χ2v) is 7.38. The van der Waals surface area contributed by atoms with Crippen LogP contribution in [0, 0.1) is 0 Å². The molecule has 2 aromatic heterocycles. The Hall–Kier alpha value is -1.99. The molecule has 4 heterocycles. The molecule has 0 aromatic carbocycles. The smallest absolute Gasteiger partial charge is 0.264 e. The highest BCUT2D eigenvalue weighted by atomic mass is 16.1. The molecule has 1 N–H and O–H groups in total. The largest absolute Gasteiger partial charge is 0.339 e. The molecule has 2 aliphatic heterocycles. The van der Waals surface area contributed by atoms with Crippen LogP contribution >= 0.6 is 0 Å². The van der Waals surface area contributed by atoms with Gasteiger partial charge in [0.25, 0.3) is 5.56 Å². The van der Waals surface area contributed by atoms with Crippen LogP contribution in [-0.4, -0.2) is 64.2 Å². The van der Waals surface area contributed by atoms with Crippen LogP contribution < -0.4 is 15.8 Å². The van der Waals surface area contributed by atoms with E-state index in [1.54, 1.807) is 22.9 Å². The van der Waals surface area contributed by atoms with Crippen LogP contribution in [0.4, 0.5) is 5.95 Å². The molecule has 7 nitrogen and oxygen atoms in total. The van der Waals surface area contributed by atoms with E-state index in [4.69, 9.17) is 4.98 Å². The molecule has 2 fully saturated rings. The van der Waals surface area contributed by atoms with E-state index in [-0.39, 0.29) is 5.56 Å². The van der Waals surface area contributed by atoms with Crippen molar-refractivity contribution in [2.75, 3.05) is 37.6 Å². The molecular formula is C19H28N6O. The van der Waals surface area contributed by atoms with Crippen molar-refractivity contribution >= 4 is 17.0 Å². The number of piperidine rings is 1. The molecule has 7 heteroatoms. The molecule has 0 spiro atoms. The number of fused-ring (bicyclic) bond motifs is 1. The summed E-state index contributed by atoms with van der Waals surface area (Å²) in [5.41, 5.74) is 0.520. The zero-order valence-corrected chi connectivity index (χ0v) is 15.7. The summed E-state index contributed by atoms with van der Waals surface area (Å²) in [4.78, 5) is 26.7. The third kappa shape index (κ3) is 3.10. The number of pyridine rings is 1. The number of piperazine rings is 1. The lowest BCUT2D eigenvalue weighted by Gasteiger charge is -2.46. The lowest BCUT2D eigenvalue weighted by atomic mass is 9.99. The molecule has 1 atom stereocenters. The maximum absolute atomic E-state index is 12.7. The van der Waals surface area contributed by atoms with Crippen LogP contribution in [0.25, 0.3) is 11.0 Å². The normalized spacial score (nSPS) is 22.8. The number of hydrogen-bond acceptors (Lipinski definition) is 6. The van der Waals surface area contributed by atoms with Gasteiger partial charge in [-0.25, -0.2) is 4.98 Å². The topological polar surface area (TPSA) is 66.3 Å². The first-order valence-electron chi connectivity index (χ1n) is 9.72. The van der Waals surface area contributed by atoms with Gasteiger partial charge in [0.2, 0.25) is 5.95 Å². The van der Waals surface area contributed by atoms with E-state index in [0.717, 1.165) is 45.1 Å². The van der Waals surface area contributed by atoms with Crippen LogP contribution in [0.15, 0.2) is 23.1 Å². The van der Waals surface area contributed by atoms with Crippen molar-refractivity contribution in [3.63, 3.8) is 0 Å². The van der Waals surface area contributed by atoms with Crippen LogP contribution in [0.1, 0.15) is 26.2 Å². The number of hydrogen-bond donors (Lipinski definition) is 1. The summed E-state index contributed by atoms with van der Waals surface area (Å²) < 4.78 is 1.68. The Morgan fingerprint density at radius 3 is 2.85 bits per heavy atom. The summed E-state index contributed by atoms with van der Waals surface area (Å²) in [6.07, 6.45) is 5.27. The summed E-state index contributed by atoms with van der Waals surface area (Å²) in [5, 5.41) is 4.04. The lowest BCUT2D eigenvalue weighted by molar-refractivity contribution is 0.0931. The van der Waals surface area contributed by atoms with Gasteiger partial charge >= 0.3 is 0 Å². The molecule has 0 saturated carbocycles. The minimum atomic E-state index is -0.0214. The van der Waals surface area contributed by atoms with Crippen LogP contribution in [0.5, 0.6) is 0 Å². The van der Waals surface area contributed by atoms with E-state index >= 15 is 0 Å². The molecule has 0 aliphatic carbocycles. The van der Waals surface area contributed by atoms with Gasteiger partial charge in [0.1, 0.15) is 0 Å². The Balaban J connectivity index is 1.60. The molecule has 0 unspecified atom stereocenters. The first kappa shape index (κ1) is 17.4. The number of rotatable bonds is 3. The van der Waals surface area contributed by atoms with Gasteiger partial charge in [-0.3, -0.25) is 14.3 Å². The van der Waals surface area contributed by atoms with E-state index in [2.05, 4.69) is 27.0 Å². The zero-order valence-electron chi connectivity index (χ0n) is 15.7. The second-order valence-electron chi connectivity index (χ2n) is 7.38. The van der Waals surface area contributed by atoms with Crippen LogP contribution in [0.3, 0.4) is 0 Å². The van der Waals surface area contributed by atoms with Gasteiger partial charge in [-0.05, 0) is 44.5 Å². The van der Waals surface area contributed by atoms with E-state index < -0.39 is 0 Å². The van der Waals surface area contributed by atoms with Crippen molar-refractivity contribution in [1.29, 1.82) is 0 Å². The summed E-state index contributed by atoms with van der Waals surface area (Å²) in [6, 6.07) is 4.77. The fraction of sp³-hybridized carbons (Fsp3) is 0.632. The van der Waals surface area contributed by atoms with Gasteiger partial charge in [-0.2, -0.15) is 4.98 Å². The third-order valence-electron chi connectivity index (χ3n) is 5.89. The quantitative estimate of drug-likeness (QED) is 0.884. The number of aromatic nitrogens is 3. The molecule has 0 bridgehead atoms. The predicted molar refractivity (Wildman–Crippen MR) is 104 cm³/mol. The number of nitrogens with zero attached hydrogens (tertiary/aromatic N) is 5. The maximum atomic E-state index is 12.7. The van der Waals surface area contributed by atoms with Gasteiger partial charge in [0.15, 0.2) is 5.65 Å². The van der Waals surface area contributed by atoms with Crippen molar-refractivity contribution in [3.05, 3.63) is 28.7 Å². The van der Waals surface area contributed by atoms with Crippen LogP contribution in [-0.2, 0) is 7.05 Å². The summed E-state index contributed by atoms with van der Waals surface area (Å²) >= 11 is 0. The molecule has 0 radical (unpaired) electrons. The Bertz CT molecular complexity index is 828. The summed E-state index contributed by atoms with van der Waals surface area (Å²) in [7, 11) is 1.82. The van der Waals surface area contributed by atoms with Crippen molar-refractivity contribution in [3.8, 4) is 0 Å². The molecule has 2 saturated heterocycles. The van der Waals surface area contributed by atoms with Gasteiger partial charge < -0.3 is 10.2 Å². The number of nitrogens with one attached hydrogen (secondary N) is 1. The molecule has 140 valence electrons. The SMILES string of the molecule is CC[C@H]1CN(c2nc3ncccc3c(=O)n2C)CCN1C1CCNCC1. The first-order valence-corrected chi connectivity index (χ1v) is 9.72. The van der Waals surface area contributed by atoms with Crippen molar-refractivity contribution in [2.45, 2.75) is 38.3 Å². The Labute approximate surface area is 154 Å². The summed E-state index contributed by atoms with van der Waals surface area (Å²) in [6.45, 7) is 7.34. The second kappa shape index (κ2) is 7.32. The molecule has 26 heavy (non-hydrogen) atoms. The summed E-state index contributed by atoms with van der Waals surface area (Å²) in [5.74, 6) is 0.740. The van der Waals surface area contributed by atoms with E-state index in [1.165, 1.54) is 12.8 Å². The van der Waals surface area contributed by atoms with Crippen molar-refractivity contribution in [1.82, 2.24) is 24.8 Å². The van der Waals surface area contributed by atoms with Gasteiger partial charge in [-0.15, -0.1) is 0 Å². The zero-order chi connectivity index (χ0) is 18.1. The highest BCUT2D eigenvalue weighted by Gasteiger charge is 2.33. The molecule has 0 amide bonds.